The Labute approximate surface area is 208 Å². The number of carbonyl (C=O) groups is 4. The van der Waals surface area contributed by atoms with Gasteiger partial charge in [-0.05, 0) is 69.8 Å². The molecule has 0 saturated heterocycles. The molecule has 194 valence electrons. The van der Waals surface area contributed by atoms with E-state index in [0.717, 1.165) is 12.3 Å². The largest absolute Gasteiger partial charge is 0.461 e. The molecule has 0 aromatic carbocycles. The highest BCUT2D eigenvalue weighted by atomic mass is 16.6. The normalized spacial score (nSPS) is 20.6. The average molecular weight is 490 g/mol. The van der Waals surface area contributed by atoms with E-state index in [0.29, 0.717) is 24.0 Å². The van der Waals surface area contributed by atoms with Gasteiger partial charge in [0.25, 0.3) is 0 Å². The van der Waals surface area contributed by atoms with Gasteiger partial charge in [-0.2, -0.15) is 0 Å². The van der Waals surface area contributed by atoms with Crippen molar-refractivity contribution in [3.8, 4) is 0 Å². The number of esters is 2. The maximum absolute atomic E-state index is 12.5. The van der Waals surface area contributed by atoms with Crippen LogP contribution in [0.4, 0.5) is 4.79 Å². The summed E-state index contributed by atoms with van der Waals surface area (Å²) in [6.45, 7) is 15.3. The molecule has 2 aliphatic carbocycles. The molecule has 2 fully saturated rings. The number of ketones is 1. The first-order chi connectivity index (χ1) is 16.4. The highest BCUT2D eigenvalue weighted by molar-refractivity contribution is 5.94. The maximum Gasteiger partial charge on any atom is 0.407 e. The lowest BCUT2D eigenvalue weighted by molar-refractivity contribution is -0.152. The van der Waals surface area contributed by atoms with E-state index in [1.54, 1.807) is 6.92 Å². The Hall–Kier alpha value is -2.90. The summed E-state index contributed by atoms with van der Waals surface area (Å²) in [6, 6.07) is 0. The van der Waals surface area contributed by atoms with Crippen LogP contribution in [0, 0.1) is 23.2 Å². The first-order valence-corrected chi connectivity index (χ1v) is 12.2. The lowest BCUT2D eigenvalue weighted by atomic mass is 9.84. The zero-order valence-electron chi connectivity index (χ0n) is 21.3. The van der Waals surface area contributed by atoms with Crippen LogP contribution in [0.5, 0.6) is 0 Å². The number of hydrogen-bond acceptors (Lipinski definition) is 7. The van der Waals surface area contributed by atoms with Crippen molar-refractivity contribution in [3.63, 3.8) is 0 Å². The fourth-order valence-corrected chi connectivity index (χ4v) is 4.73. The number of nitrogens with one attached hydrogen (secondary N) is 1. The van der Waals surface area contributed by atoms with Crippen molar-refractivity contribution < 1.29 is 33.4 Å². The quantitative estimate of drug-likeness (QED) is 0.220. The van der Waals surface area contributed by atoms with Crippen LogP contribution in [0.3, 0.4) is 0 Å². The van der Waals surface area contributed by atoms with Crippen LogP contribution in [0.1, 0.15) is 59.3 Å². The van der Waals surface area contributed by atoms with Crippen LogP contribution in [-0.4, -0.2) is 50.2 Å². The van der Waals surface area contributed by atoms with Crippen molar-refractivity contribution in [2.75, 3.05) is 26.4 Å². The molecule has 3 unspecified atom stereocenters. The summed E-state index contributed by atoms with van der Waals surface area (Å²) in [5.41, 5.74) is -0.368. The van der Waals surface area contributed by atoms with Gasteiger partial charge >= 0.3 is 18.0 Å². The number of allylic oxidation sites excluding steroid dienone is 1. The Kier molecular flexibility index (Phi) is 10.3. The highest BCUT2D eigenvalue weighted by Gasteiger charge is 2.40. The van der Waals surface area contributed by atoms with Crippen LogP contribution >= 0.6 is 0 Å². The number of ether oxygens (including phenoxy) is 3. The Morgan fingerprint density at radius 3 is 1.86 bits per heavy atom. The van der Waals surface area contributed by atoms with Crippen LogP contribution in [0.15, 0.2) is 36.5 Å². The molecule has 8 heteroatoms. The molecule has 1 amide bonds. The predicted molar refractivity (Wildman–Crippen MR) is 131 cm³/mol. The first-order valence-electron chi connectivity index (χ1n) is 12.2. The molecule has 2 rings (SSSR count). The maximum atomic E-state index is 12.5. The zero-order chi connectivity index (χ0) is 26.2. The molecule has 0 heterocycles. The SMILES string of the molecule is C=C(C)C(=O)CCC(COC(=O)NCC1CC2CCC1C2)(COC(=O)C(=C)C)COC(=O)C(=C)C. The third kappa shape index (κ3) is 8.67. The molecule has 3 atom stereocenters. The lowest BCUT2D eigenvalue weighted by Gasteiger charge is -2.32. The summed E-state index contributed by atoms with van der Waals surface area (Å²) >= 11 is 0. The van der Waals surface area contributed by atoms with Crippen LogP contribution in [-0.2, 0) is 28.6 Å². The molecule has 0 aliphatic heterocycles. The highest BCUT2D eigenvalue weighted by Crippen LogP contribution is 2.47. The van der Waals surface area contributed by atoms with E-state index in [1.807, 2.05) is 0 Å². The molecule has 35 heavy (non-hydrogen) atoms. The second kappa shape index (κ2) is 12.7. The Morgan fingerprint density at radius 1 is 0.829 bits per heavy atom. The van der Waals surface area contributed by atoms with Crippen molar-refractivity contribution in [3.05, 3.63) is 36.5 Å². The predicted octanol–water partition coefficient (Wildman–Crippen LogP) is 4.30. The summed E-state index contributed by atoms with van der Waals surface area (Å²) < 4.78 is 16.2. The van der Waals surface area contributed by atoms with Crippen LogP contribution < -0.4 is 5.32 Å². The summed E-state index contributed by atoms with van der Waals surface area (Å²) in [5.74, 6) is 0.447. The van der Waals surface area contributed by atoms with E-state index in [2.05, 4.69) is 25.1 Å². The fraction of sp³-hybridized carbons (Fsp3) is 0.630. The van der Waals surface area contributed by atoms with E-state index in [9.17, 15) is 19.2 Å². The molecule has 2 saturated carbocycles. The molecule has 0 spiro atoms. The minimum atomic E-state index is -1.13. The molecule has 2 aliphatic rings. The number of amides is 1. The molecular weight excluding hydrogens is 450 g/mol. The monoisotopic (exact) mass is 489 g/mol. The van der Waals surface area contributed by atoms with E-state index in [4.69, 9.17) is 14.2 Å². The zero-order valence-corrected chi connectivity index (χ0v) is 21.3. The standard InChI is InChI=1S/C27H39NO7/c1-17(2)23(29)9-10-27(14-33-24(30)18(3)4,15-34-25(31)19(5)6)16-35-26(32)28-13-22-12-20-7-8-21(22)11-20/h20-22H,1,3,5,7-16H2,2,4,6H3,(H,28,32). The lowest BCUT2D eigenvalue weighted by Crippen LogP contribution is -2.42. The topological polar surface area (TPSA) is 108 Å². The van der Waals surface area contributed by atoms with E-state index >= 15 is 0 Å². The number of fused-ring (bicyclic) bond motifs is 2. The van der Waals surface area contributed by atoms with Gasteiger partial charge < -0.3 is 19.5 Å². The Balaban J connectivity index is 2.08. The smallest absolute Gasteiger partial charge is 0.407 e. The number of rotatable bonds is 14. The summed E-state index contributed by atoms with van der Waals surface area (Å²) in [7, 11) is 0. The van der Waals surface area contributed by atoms with Gasteiger partial charge in [-0.1, -0.05) is 26.2 Å². The van der Waals surface area contributed by atoms with Crippen molar-refractivity contribution in [1.82, 2.24) is 5.32 Å². The molecular formula is C27H39NO7. The first kappa shape index (κ1) is 28.3. The minimum Gasteiger partial charge on any atom is -0.461 e. The van der Waals surface area contributed by atoms with Gasteiger partial charge in [0.2, 0.25) is 0 Å². The fourth-order valence-electron chi connectivity index (χ4n) is 4.73. The van der Waals surface area contributed by atoms with Crippen molar-refractivity contribution >= 4 is 23.8 Å². The van der Waals surface area contributed by atoms with E-state index < -0.39 is 23.4 Å². The third-order valence-electron chi connectivity index (χ3n) is 6.98. The second-order valence-electron chi connectivity index (χ2n) is 10.3. The molecule has 0 aromatic rings. The van der Waals surface area contributed by atoms with Crippen molar-refractivity contribution in [1.29, 1.82) is 0 Å². The second-order valence-corrected chi connectivity index (χ2v) is 10.3. The van der Waals surface area contributed by atoms with Gasteiger partial charge in [0.15, 0.2) is 5.78 Å². The van der Waals surface area contributed by atoms with E-state index in [-0.39, 0.29) is 49.6 Å². The number of hydrogen-bond donors (Lipinski definition) is 1. The van der Waals surface area contributed by atoms with E-state index in [1.165, 1.54) is 33.1 Å². The molecule has 0 radical (unpaired) electrons. The third-order valence-corrected chi connectivity index (χ3v) is 6.98. The van der Waals surface area contributed by atoms with Crippen molar-refractivity contribution in [2.24, 2.45) is 23.2 Å². The number of Topliss-reactive ketones (excluding diaryl/α,β-unsaturated/α-hetero) is 1. The Bertz CT molecular complexity index is 801. The average Bonchev–Trinajstić information content (AvgIpc) is 3.44. The summed E-state index contributed by atoms with van der Waals surface area (Å²) in [6.07, 6.45) is 4.47. The van der Waals surface area contributed by atoms with Gasteiger partial charge in [0.1, 0.15) is 19.8 Å². The molecule has 0 aromatic heterocycles. The van der Waals surface area contributed by atoms with Crippen molar-refractivity contribution in [2.45, 2.75) is 59.3 Å². The van der Waals surface area contributed by atoms with Gasteiger partial charge in [-0.3, -0.25) is 4.79 Å². The number of carbonyl (C=O) groups excluding carboxylic acids is 4. The molecule has 8 nitrogen and oxygen atoms in total. The molecule has 2 bridgehead atoms. The van der Waals surface area contributed by atoms with Gasteiger partial charge in [-0.15, -0.1) is 0 Å². The Morgan fingerprint density at radius 2 is 1.40 bits per heavy atom. The van der Waals surface area contributed by atoms with Crippen LogP contribution in [0.2, 0.25) is 0 Å². The van der Waals surface area contributed by atoms with Gasteiger partial charge in [-0.25, -0.2) is 14.4 Å². The summed E-state index contributed by atoms with van der Waals surface area (Å²) in [4.78, 5) is 49.0. The minimum absolute atomic E-state index is 0.0562. The molecule has 1 N–H and O–H groups in total. The summed E-state index contributed by atoms with van der Waals surface area (Å²) in [5, 5.41) is 2.85. The van der Waals surface area contributed by atoms with Gasteiger partial charge in [0, 0.05) is 24.1 Å². The number of alkyl carbamates (subject to hydrolysis) is 1. The van der Waals surface area contributed by atoms with Gasteiger partial charge in [0.05, 0.1) is 5.41 Å². The van der Waals surface area contributed by atoms with Crippen LogP contribution in [0.25, 0.3) is 0 Å².